The van der Waals surface area contributed by atoms with Crippen molar-refractivity contribution >= 4 is 0 Å². The number of hydrogen-bond acceptors (Lipinski definition) is 2. The van der Waals surface area contributed by atoms with Crippen LogP contribution in [0, 0.1) is 0 Å². The summed E-state index contributed by atoms with van der Waals surface area (Å²) in [5, 5.41) is 0. The minimum Gasteiger partial charge on any atom is -0.493 e. The van der Waals surface area contributed by atoms with E-state index in [4.69, 9.17) is 9.47 Å². The number of unbranched alkanes of at least 4 members (excludes halogenated alkanes) is 3. The van der Waals surface area contributed by atoms with Crippen molar-refractivity contribution in [3.63, 3.8) is 0 Å². The second-order valence-electron chi connectivity index (χ2n) is 5.57. The maximum Gasteiger partial charge on any atom is 0.161 e. The molecule has 0 N–H and O–H groups in total. The SMILES string of the molecule is CCCCCCc1ccc(OC)c(OCc2ccccc2)c1. The van der Waals surface area contributed by atoms with Gasteiger partial charge in [0.2, 0.25) is 0 Å². The zero-order valence-electron chi connectivity index (χ0n) is 13.7. The largest absolute Gasteiger partial charge is 0.493 e. The van der Waals surface area contributed by atoms with Crippen molar-refractivity contribution < 1.29 is 9.47 Å². The van der Waals surface area contributed by atoms with E-state index in [0.29, 0.717) is 6.61 Å². The summed E-state index contributed by atoms with van der Waals surface area (Å²) in [7, 11) is 1.69. The Morgan fingerprint density at radius 1 is 0.818 bits per heavy atom. The highest BCUT2D eigenvalue weighted by Crippen LogP contribution is 2.29. The van der Waals surface area contributed by atoms with Gasteiger partial charge < -0.3 is 9.47 Å². The van der Waals surface area contributed by atoms with Crippen LogP contribution in [0.25, 0.3) is 0 Å². The highest BCUT2D eigenvalue weighted by Gasteiger charge is 2.06. The van der Waals surface area contributed by atoms with Gasteiger partial charge in [0.1, 0.15) is 6.61 Å². The van der Waals surface area contributed by atoms with E-state index < -0.39 is 0 Å². The molecule has 0 amide bonds. The molecule has 0 spiro atoms. The quantitative estimate of drug-likeness (QED) is 0.577. The summed E-state index contributed by atoms with van der Waals surface area (Å²) in [5.74, 6) is 1.63. The van der Waals surface area contributed by atoms with Gasteiger partial charge in [-0.2, -0.15) is 0 Å². The van der Waals surface area contributed by atoms with Crippen LogP contribution in [0.1, 0.15) is 43.7 Å². The Morgan fingerprint density at radius 3 is 2.36 bits per heavy atom. The first-order valence-electron chi connectivity index (χ1n) is 8.17. The molecule has 2 nitrogen and oxygen atoms in total. The van der Waals surface area contributed by atoms with Crippen LogP contribution in [0.3, 0.4) is 0 Å². The van der Waals surface area contributed by atoms with Crippen molar-refractivity contribution in [3.05, 3.63) is 59.7 Å². The molecule has 0 aliphatic carbocycles. The van der Waals surface area contributed by atoms with E-state index in [-0.39, 0.29) is 0 Å². The van der Waals surface area contributed by atoms with E-state index in [1.54, 1.807) is 7.11 Å². The zero-order valence-corrected chi connectivity index (χ0v) is 13.7. The van der Waals surface area contributed by atoms with Crippen LogP contribution >= 0.6 is 0 Å². The molecule has 0 unspecified atom stereocenters. The molecule has 0 heterocycles. The first-order valence-corrected chi connectivity index (χ1v) is 8.17. The third-order valence-corrected chi connectivity index (χ3v) is 3.78. The van der Waals surface area contributed by atoms with Gasteiger partial charge in [0.15, 0.2) is 11.5 Å². The summed E-state index contributed by atoms with van der Waals surface area (Å²) < 4.78 is 11.4. The number of aryl methyl sites for hydroxylation is 1. The Labute approximate surface area is 134 Å². The van der Waals surface area contributed by atoms with E-state index in [0.717, 1.165) is 23.5 Å². The van der Waals surface area contributed by atoms with E-state index >= 15 is 0 Å². The summed E-state index contributed by atoms with van der Waals surface area (Å²) in [5.41, 5.74) is 2.48. The lowest BCUT2D eigenvalue weighted by molar-refractivity contribution is 0.284. The Morgan fingerprint density at radius 2 is 1.64 bits per heavy atom. The Hall–Kier alpha value is -1.96. The fourth-order valence-corrected chi connectivity index (χ4v) is 2.48. The lowest BCUT2D eigenvalue weighted by Crippen LogP contribution is -1.98. The lowest BCUT2D eigenvalue weighted by atomic mass is 10.1. The number of ether oxygens (including phenoxy) is 2. The van der Waals surface area contributed by atoms with Crippen LogP contribution in [-0.4, -0.2) is 7.11 Å². The molecule has 0 saturated heterocycles. The van der Waals surface area contributed by atoms with Crippen molar-refractivity contribution in [2.45, 2.75) is 45.6 Å². The molecule has 2 heteroatoms. The second-order valence-corrected chi connectivity index (χ2v) is 5.57. The summed E-state index contributed by atoms with van der Waals surface area (Å²) in [6.07, 6.45) is 6.22. The third-order valence-electron chi connectivity index (χ3n) is 3.78. The van der Waals surface area contributed by atoms with Gasteiger partial charge in [-0.15, -0.1) is 0 Å². The summed E-state index contributed by atoms with van der Waals surface area (Å²) in [4.78, 5) is 0. The van der Waals surface area contributed by atoms with Crippen molar-refractivity contribution in [1.82, 2.24) is 0 Å². The van der Waals surface area contributed by atoms with Gasteiger partial charge >= 0.3 is 0 Å². The number of methoxy groups -OCH3 is 1. The van der Waals surface area contributed by atoms with Crippen LogP contribution in [0.4, 0.5) is 0 Å². The maximum atomic E-state index is 5.96. The van der Waals surface area contributed by atoms with Gasteiger partial charge in [-0.05, 0) is 36.1 Å². The van der Waals surface area contributed by atoms with Crippen LogP contribution in [0.2, 0.25) is 0 Å². The molecule has 0 saturated carbocycles. The molecule has 0 bridgehead atoms. The molecule has 0 radical (unpaired) electrons. The molecule has 0 aliphatic heterocycles. The fourth-order valence-electron chi connectivity index (χ4n) is 2.48. The summed E-state index contributed by atoms with van der Waals surface area (Å²) in [6.45, 7) is 2.80. The Balaban J connectivity index is 1.98. The van der Waals surface area contributed by atoms with Gasteiger partial charge in [0.05, 0.1) is 7.11 Å². The maximum absolute atomic E-state index is 5.96. The van der Waals surface area contributed by atoms with E-state index in [2.05, 4.69) is 31.2 Å². The molecule has 0 atom stereocenters. The highest BCUT2D eigenvalue weighted by molar-refractivity contribution is 5.43. The number of hydrogen-bond donors (Lipinski definition) is 0. The van der Waals surface area contributed by atoms with Crippen LogP contribution < -0.4 is 9.47 Å². The van der Waals surface area contributed by atoms with Gasteiger partial charge in [0, 0.05) is 0 Å². The molecule has 0 aliphatic rings. The molecule has 2 aromatic rings. The highest BCUT2D eigenvalue weighted by atomic mass is 16.5. The lowest BCUT2D eigenvalue weighted by Gasteiger charge is -2.12. The molecule has 0 fully saturated rings. The van der Waals surface area contributed by atoms with Crippen LogP contribution in [0.15, 0.2) is 48.5 Å². The molecule has 2 rings (SSSR count). The molecule has 22 heavy (non-hydrogen) atoms. The van der Waals surface area contributed by atoms with Crippen LogP contribution in [0.5, 0.6) is 11.5 Å². The normalized spacial score (nSPS) is 10.5. The molecule has 0 aromatic heterocycles. The number of benzene rings is 2. The van der Waals surface area contributed by atoms with Crippen molar-refractivity contribution in [1.29, 1.82) is 0 Å². The summed E-state index contributed by atoms with van der Waals surface area (Å²) >= 11 is 0. The van der Waals surface area contributed by atoms with Crippen molar-refractivity contribution in [2.75, 3.05) is 7.11 Å². The van der Waals surface area contributed by atoms with Gasteiger partial charge in [-0.1, -0.05) is 62.6 Å². The first-order chi connectivity index (χ1) is 10.8. The van der Waals surface area contributed by atoms with E-state index in [9.17, 15) is 0 Å². The van der Waals surface area contributed by atoms with Gasteiger partial charge in [0.25, 0.3) is 0 Å². The average molecular weight is 298 g/mol. The standard InChI is InChI=1S/C20H26O2/c1-3-4-5-7-10-17-13-14-19(21-2)20(15-17)22-16-18-11-8-6-9-12-18/h6,8-9,11-15H,3-5,7,10,16H2,1-2H3. The average Bonchev–Trinajstić information content (AvgIpc) is 2.58. The van der Waals surface area contributed by atoms with Gasteiger partial charge in [-0.3, -0.25) is 0 Å². The second kappa shape index (κ2) is 9.14. The first kappa shape index (κ1) is 16.4. The topological polar surface area (TPSA) is 18.5 Å². The van der Waals surface area contributed by atoms with Crippen molar-refractivity contribution in [2.24, 2.45) is 0 Å². The Bertz CT molecular complexity index is 549. The number of rotatable bonds is 9. The zero-order chi connectivity index (χ0) is 15.6. The smallest absolute Gasteiger partial charge is 0.161 e. The van der Waals surface area contributed by atoms with Gasteiger partial charge in [-0.25, -0.2) is 0 Å². The predicted molar refractivity (Wildman–Crippen MR) is 91.6 cm³/mol. The molecular weight excluding hydrogens is 272 g/mol. The monoisotopic (exact) mass is 298 g/mol. The fraction of sp³-hybridized carbons (Fsp3) is 0.400. The minimum atomic E-state index is 0.566. The molecule has 118 valence electrons. The molecule has 2 aromatic carbocycles. The minimum absolute atomic E-state index is 0.566. The summed E-state index contributed by atoms with van der Waals surface area (Å²) in [6, 6.07) is 16.5. The molecular formula is C20H26O2. The Kier molecular flexibility index (Phi) is 6.82. The third kappa shape index (κ3) is 5.10. The van der Waals surface area contributed by atoms with E-state index in [1.807, 2.05) is 24.3 Å². The van der Waals surface area contributed by atoms with Crippen LogP contribution in [-0.2, 0) is 13.0 Å². The van der Waals surface area contributed by atoms with Crippen molar-refractivity contribution in [3.8, 4) is 11.5 Å². The van der Waals surface area contributed by atoms with E-state index in [1.165, 1.54) is 31.2 Å². The predicted octanol–water partition coefficient (Wildman–Crippen LogP) is 5.40.